The first kappa shape index (κ1) is 19.4. The zero-order chi connectivity index (χ0) is 32.6. The lowest BCUT2D eigenvalue weighted by molar-refractivity contribution is -0.274. The summed E-state index contributed by atoms with van der Waals surface area (Å²) < 4.78 is 107. The molecule has 0 saturated carbocycles. The molecule has 1 atom stereocenters. The topological polar surface area (TPSA) is 107 Å². The number of halogens is 4. The van der Waals surface area contributed by atoms with E-state index in [4.69, 9.17) is 13.0 Å². The maximum absolute atomic E-state index is 14.5. The van der Waals surface area contributed by atoms with Gasteiger partial charge in [0.15, 0.2) is 5.69 Å². The summed E-state index contributed by atoms with van der Waals surface area (Å²) in [5.41, 5.74) is -0.892. The van der Waals surface area contributed by atoms with E-state index >= 15 is 0 Å². The van der Waals surface area contributed by atoms with Gasteiger partial charge in [0, 0.05) is 22.0 Å². The monoisotopic (exact) mass is 537 g/mol. The van der Waals surface area contributed by atoms with Crippen LogP contribution in [0.2, 0.25) is 0 Å². The predicted molar refractivity (Wildman–Crippen MR) is 128 cm³/mol. The highest BCUT2D eigenvalue weighted by Gasteiger charge is 2.31. The number of nitrogens with one attached hydrogen (secondary N) is 2. The molecular formula is C25H21F4N5O4. The van der Waals surface area contributed by atoms with Crippen molar-refractivity contribution < 1.29 is 44.8 Å². The van der Waals surface area contributed by atoms with Crippen LogP contribution in [0.3, 0.4) is 0 Å². The highest BCUT2D eigenvalue weighted by Crippen LogP contribution is 2.29. The fraction of sp³-hybridized carbons (Fsp3) is 0.200. The maximum atomic E-state index is 14.5. The van der Waals surface area contributed by atoms with Gasteiger partial charge in [0.05, 0.1) is 34.6 Å². The first-order chi connectivity index (χ1) is 20.3. The molecule has 2 aromatic heterocycles. The fourth-order valence-corrected chi connectivity index (χ4v) is 3.69. The molecule has 1 unspecified atom stereocenters. The molecule has 0 fully saturated rings. The molecule has 198 valence electrons. The second-order valence-electron chi connectivity index (χ2n) is 7.81. The molecule has 4 rings (SSSR count). The van der Waals surface area contributed by atoms with Gasteiger partial charge in [0.1, 0.15) is 17.1 Å². The normalized spacial score (nSPS) is 15.2. The summed E-state index contributed by atoms with van der Waals surface area (Å²) in [5, 5.41) is 8.61. The number of alkyl halides is 3. The minimum Gasteiger partial charge on any atom is -0.480 e. The van der Waals surface area contributed by atoms with Crippen molar-refractivity contribution in [3.05, 3.63) is 77.4 Å². The average Bonchev–Trinajstić information content (AvgIpc) is 3.27. The Kier molecular flexibility index (Phi) is 5.30. The summed E-state index contributed by atoms with van der Waals surface area (Å²) >= 11 is 0. The Labute approximate surface area is 221 Å². The van der Waals surface area contributed by atoms with Gasteiger partial charge < -0.3 is 20.1 Å². The molecule has 9 nitrogen and oxygen atoms in total. The Morgan fingerprint density at radius 2 is 1.92 bits per heavy atom. The lowest BCUT2D eigenvalue weighted by atomic mass is 10.1. The number of methoxy groups -OCH3 is 1. The quantitative estimate of drug-likeness (QED) is 0.340. The van der Waals surface area contributed by atoms with Gasteiger partial charge in [-0.1, -0.05) is 18.2 Å². The third kappa shape index (κ3) is 5.36. The van der Waals surface area contributed by atoms with E-state index in [-0.39, 0.29) is 27.8 Å². The van der Waals surface area contributed by atoms with Crippen molar-refractivity contribution in [2.45, 2.75) is 19.3 Å². The van der Waals surface area contributed by atoms with E-state index in [1.54, 1.807) is 12.1 Å². The average molecular weight is 538 g/mol. The van der Waals surface area contributed by atoms with Crippen molar-refractivity contribution in [2.75, 3.05) is 14.0 Å². The van der Waals surface area contributed by atoms with Crippen molar-refractivity contribution in [3.8, 4) is 17.3 Å². The molecule has 0 saturated heterocycles. The summed E-state index contributed by atoms with van der Waals surface area (Å²) in [5.74, 6) is -4.48. The van der Waals surface area contributed by atoms with Crippen LogP contribution in [0, 0.1) is 5.82 Å². The molecule has 13 heteroatoms. The van der Waals surface area contributed by atoms with E-state index in [1.165, 1.54) is 19.1 Å². The summed E-state index contributed by atoms with van der Waals surface area (Å²) in [7, 11) is -3.07. The molecule has 0 aliphatic rings. The number of ether oxygens (including phenoxy) is 2. The van der Waals surface area contributed by atoms with Crippen molar-refractivity contribution in [1.29, 1.82) is 0 Å². The summed E-state index contributed by atoms with van der Waals surface area (Å²) in [6.45, 7) is -1.57. The number of amides is 2. The molecule has 0 radical (unpaired) electrons. The van der Waals surface area contributed by atoms with E-state index in [0.29, 0.717) is 6.07 Å². The fourth-order valence-electron chi connectivity index (χ4n) is 3.69. The molecule has 4 aromatic rings. The molecule has 38 heavy (non-hydrogen) atoms. The molecule has 0 aliphatic carbocycles. The molecule has 0 bridgehead atoms. The Hall–Kier alpha value is -4.68. The van der Waals surface area contributed by atoms with E-state index in [0.717, 1.165) is 29.1 Å². The largest absolute Gasteiger partial charge is 0.573 e. The first-order valence-electron chi connectivity index (χ1n) is 13.7. The second kappa shape index (κ2) is 10.4. The molecule has 0 spiro atoms. The number of carbonyl (C=O) groups excluding carboxylic acids is 2. The summed E-state index contributed by atoms with van der Waals surface area (Å²) in [6.07, 6.45) is -3.98. The zero-order valence-electron chi connectivity index (χ0n) is 25.3. The second-order valence-corrected chi connectivity index (χ2v) is 7.81. The maximum Gasteiger partial charge on any atom is 0.573 e. The smallest absolute Gasteiger partial charge is 0.480 e. The minimum absolute atomic E-state index is 0.00316. The van der Waals surface area contributed by atoms with Crippen LogP contribution >= 0.6 is 0 Å². The third-order valence-electron chi connectivity index (χ3n) is 5.35. The summed E-state index contributed by atoms with van der Waals surface area (Å²) in [6, 6.07) is 8.21. The Morgan fingerprint density at radius 3 is 2.66 bits per heavy atom. The number of rotatable bonds is 7. The lowest BCUT2D eigenvalue weighted by Gasteiger charge is -2.18. The Bertz CT molecular complexity index is 1730. The minimum atomic E-state index is -5.06. The highest BCUT2D eigenvalue weighted by molar-refractivity contribution is 6.05. The number of fused-ring (bicyclic) bond motifs is 1. The lowest BCUT2D eigenvalue weighted by Crippen LogP contribution is -2.28. The standard InChI is InChI=1S/C25H21F4N5O4/c1-13(17-11-15(8-9-19(17)26)38-25(27,28)29)32-22(35)18-10-14(12-31-24(18)37-3)34-20-7-5-4-6-16(20)21(33-34)23(36)30-2/h4-13H,1-3H3,(H,30,36)(H,32,35)/i2D3,3D3. The van der Waals surface area contributed by atoms with Crippen LogP contribution in [-0.2, 0) is 0 Å². The van der Waals surface area contributed by atoms with Gasteiger partial charge in [-0.2, -0.15) is 5.10 Å². The van der Waals surface area contributed by atoms with Gasteiger partial charge in [-0.25, -0.2) is 14.1 Å². The number of pyridine rings is 1. The third-order valence-corrected chi connectivity index (χ3v) is 5.35. The molecule has 2 aromatic carbocycles. The van der Waals surface area contributed by atoms with Crippen LogP contribution < -0.4 is 20.1 Å². The van der Waals surface area contributed by atoms with Crippen LogP contribution in [-0.4, -0.2) is 47.0 Å². The van der Waals surface area contributed by atoms with E-state index < -0.39 is 61.2 Å². The van der Waals surface area contributed by atoms with Crippen molar-refractivity contribution in [3.63, 3.8) is 0 Å². The van der Waals surface area contributed by atoms with E-state index in [1.807, 2.05) is 5.32 Å². The Morgan fingerprint density at radius 1 is 1.13 bits per heavy atom. The van der Waals surface area contributed by atoms with Crippen molar-refractivity contribution in [1.82, 2.24) is 25.4 Å². The number of carbonyl (C=O) groups is 2. The van der Waals surface area contributed by atoms with Gasteiger partial charge in [0.25, 0.3) is 11.8 Å². The number of nitrogens with zero attached hydrogens (tertiary/aromatic N) is 3. The number of para-hydroxylation sites is 1. The van der Waals surface area contributed by atoms with Crippen LogP contribution in [0.1, 0.15) is 47.6 Å². The number of hydrogen-bond donors (Lipinski definition) is 2. The molecule has 0 aliphatic heterocycles. The first-order valence-corrected chi connectivity index (χ1v) is 10.7. The molecule has 2 N–H and O–H groups in total. The number of hydrogen-bond acceptors (Lipinski definition) is 6. The van der Waals surface area contributed by atoms with Crippen LogP contribution in [0.4, 0.5) is 17.6 Å². The number of benzene rings is 2. The predicted octanol–water partition coefficient (Wildman–Crippen LogP) is 4.32. The van der Waals surface area contributed by atoms with Gasteiger partial charge in [-0.3, -0.25) is 9.59 Å². The SMILES string of the molecule is [2H]C([2H])([2H])NC(=O)c1nn(-c2cnc(OC([2H])([2H])[2H])c(C(=O)NC(C)c3cc(OC(F)(F)F)ccc3F)c2)c2ccccc12. The van der Waals surface area contributed by atoms with Crippen LogP contribution in [0.25, 0.3) is 16.6 Å². The highest BCUT2D eigenvalue weighted by atomic mass is 19.4. The van der Waals surface area contributed by atoms with Crippen molar-refractivity contribution in [2.24, 2.45) is 0 Å². The summed E-state index contributed by atoms with van der Waals surface area (Å²) in [4.78, 5) is 30.0. The van der Waals surface area contributed by atoms with Gasteiger partial charge >= 0.3 is 6.36 Å². The molecule has 2 heterocycles. The van der Waals surface area contributed by atoms with Crippen LogP contribution in [0.15, 0.2) is 54.7 Å². The Balaban J connectivity index is 1.75. The van der Waals surface area contributed by atoms with Crippen molar-refractivity contribution >= 4 is 22.7 Å². The van der Waals surface area contributed by atoms with Gasteiger partial charge in [0.2, 0.25) is 5.88 Å². The van der Waals surface area contributed by atoms with E-state index in [9.17, 15) is 27.2 Å². The van der Waals surface area contributed by atoms with Gasteiger partial charge in [-0.05, 0) is 37.3 Å². The zero-order valence-corrected chi connectivity index (χ0v) is 19.3. The van der Waals surface area contributed by atoms with Crippen LogP contribution in [0.5, 0.6) is 11.6 Å². The van der Waals surface area contributed by atoms with E-state index in [2.05, 4.69) is 20.1 Å². The number of aromatic nitrogens is 3. The molecular weight excluding hydrogens is 510 g/mol. The molecule has 2 amide bonds. The van der Waals surface area contributed by atoms with Gasteiger partial charge in [-0.15, -0.1) is 13.2 Å².